The summed E-state index contributed by atoms with van der Waals surface area (Å²) in [5.74, 6) is -0.166. The van der Waals surface area contributed by atoms with E-state index in [2.05, 4.69) is 31.0 Å². The average Bonchev–Trinajstić information content (AvgIpc) is 3.38. The minimum atomic E-state index is -1.46. The normalized spacial score (nSPS) is 23.9. The zero-order chi connectivity index (χ0) is 26.3. The van der Waals surface area contributed by atoms with Crippen LogP contribution in [0, 0.1) is 23.1 Å². The number of nitrogens with zero attached hydrogens (tertiary/aromatic N) is 6. The molecule has 4 heterocycles. The number of hydrogen-bond donors (Lipinski definition) is 1. The molecule has 9 nitrogen and oxygen atoms in total. The van der Waals surface area contributed by atoms with Gasteiger partial charge in [0.25, 0.3) is 0 Å². The Morgan fingerprint density at radius 3 is 2.92 bits per heavy atom. The zero-order valence-corrected chi connectivity index (χ0v) is 20.8. The lowest BCUT2D eigenvalue weighted by molar-refractivity contribution is 0.253. The second-order valence-corrected chi connectivity index (χ2v) is 10.7. The molecule has 1 aliphatic carbocycles. The quantitative estimate of drug-likeness (QED) is 0.353. The first-order chi connectivity index (χ1) is 18.5. The van der Waals surface area contributed by atoms with E-state index in [1.165, 1.54) is 36.5 Å². The van der Waals surface area contributed by atoms with E-state index in [1.54, 1.807) is 24.4 Å². The van der Waals surface area contributed by atoms with Crippen LogP contribution in [0.5, 0.6) is 5.88 Å². The predicted molar refractivity (Wildman–Crippen MR) is 135 cm³/mol. The highest BCUT2D eigenvalue weighted by Gasteiger charge is 2.68. The summed E-state index contributed by atoms with van der Waals surface area (Å²) in [6, 6.07) is 8.45. The van der Waals surface area contributed by atoms with Crippen LogP contribution < -0.4 is 10.5 Å². The average molecular weight is 534 g/mol. The first-order valence-electron chi connectivity index (χ1n) is 11.8. The van der Waals surface area contributed by atoms with Gasteiger partial charge in [0.05, 0.1) is 36.1 Å². The van der Waals surface area contributed by atoms with Crippen LogP contribution in [0.2, 0.25) is 0 Å². The third kappa shape index (κ3) is 4.12. The number of pyridine rings is 1. The Morgan fingerprint density at radius 1 is 1.24 bits per heavy atom. The lowest BCUT2D eigenvalue weighted by atomic mass is 9.83. The number of nitrogens with two attached hydrogens (primary N) is 1. The van der Waals surface area contributed by atoms with E-state index in [-0.39, 0.29) is 29.7 Å². The van der Waals surface area contributed by atoms with Crippen LogP contribution in [0.3, 0.4) is 0 Å². The van der Waals surface area contributed by atoms with Crippen LogP contribution in [-0.4, -0.2) is 36.5 Å². The van der Waals surface area contributed by atoms with Crippen molar-refractivity contribution in [2.24, 2.45) is 16.6 Å². The Bertz CT molecular complexity index is 1590. The van der Waals surface area contributed by atoms with Gasteiger partial charge in [0.15, 0.2) is 11.8 Å². The Hall–Kier alpha value is -4.11. The van der Waals surface area contributed by atoms with Gasteiger partial charge in [-0.1, -0.05) is 17.8 Å². The van der Waals surface area contributed by atoms with Gasteiger partial charge >= 0.3 is 0 Å². The second kappa shape index (κ2) is 9.33. The fourth-order valence-corrected chi connectivity index (χ4v) is 6.52. The summed E-state index contributed by atoms with van der Waals surface area (Å²) in [6.07, 6.45) is 7.14. The Labute approximate surface area is 220 Å². The highest BCUT2D eigenvalue weighted by molar-refractivity contribution is 8.15. The number of halogens is 2. The minimum Gasteiger partial charge on any atom is -0.467 e. The number of rotatable bonds is 8. The fourth-order valence-electron chi connectivity index (χ4n) is 5.17. The molecule has 1 aliphatic heterocycles. The van der Waals surface area contributed by atoms with Crippen LogP contribution in [-0.2, 0) is 18.6 Å². The van der Waals surface area contributed by atoms with Crippen molar-refractivity contribution in [3.63, 3.8) is 0 Å². The first-order valence-corrected chi connectivity index (χ1v) is 12.7. The van der Waals surface area contributed by atoms with Gasteiger partial charge in [0, 0.05) is 28.8 Å². The number of thioether (sulfide) groups is 1. The van der Waals surface area contributed by atoms with Gasteiger partial charge in [-0.2, -0.15) is 5.26 Å². The van der Waals surface area contributed by atoms with Crippen molar-refractivity contribution in [3.05, 3.63) is 77.6 Å². The molecule has 3 atom stereocenters. The van der Waals surface area contributed by atoms with Gasteiger partial charge in [-0.3, -0.25) is 4.98 Å². The number of aromatic nitrogens is 4. The van der Waals surface area contributed by atoms with Crippen LogP contribution in [0.4, 0.5) is 8.78 Å². The van der Waals surface area contributed by atoms with Crippen molar-refractivity contribution in [3.8, 4) is 11.9 Å². The van der Waals surface area contributed by atoms with E-state index < -0.39 is 22.8 Å². The third-order valence-corrected chi connectivity index (χ3v) is 8.31. The van der Waals surface area contributed by atoms with Crippen LogP contribution in [0.1, 0.15) is 35.6 Å². The molecule has 4 aromatic rings. The number of alkyl halides is 1. The molecule has 2 aliphatic rings. The molecule has 12 heteroatoms. The number of oxazole rings is 1. The number of benzene rings is 1. The number of nitriles is 1. The van der Waals surface area contributed by atoms with Gasteiger partial charge < -0.3 is 14.9 Å². The van der Waals surface area contributed by atoms with Crippen molar-refractivity contribution in [1.82, 2.24) is 19.9 Å². The van der Waals surface area contributed by atoms with Crippen molar-refractivity contribution >= 4 is 28.0 Å². The van der Waals surface area contributed by atoms with Gasteiger partial charge in [0.1, 0.15) is 29.8 Å². The highest BCUT2D eigenvalue weighted by Crippen LogP contribution is 2.67. The summed E-state index contributed by atoms with van der Waals surface area (Å²) in [5.41, 5.74) is 7.20. The second-order valence-electron chi connectivity index (χ2n) is 9.31. The fraction of sp³-hybridized carbons (Fsp3) is 0.308. The predicted octanol–water partition coefficient (Wildman–Crippen LogP) is 4.22. The third-order valence-electron chi connectivity index (χ3n) is 7.01. The molecule has 2 N–H and O–H groups in total. The van der Waals surface area contributed by atoms with E-state index in [9.17, 15) is 9.65 Å². The van der Waals surface area contributed by atoms with E-state index in [1.807, 2.05) is 0 Å². The monoisotopic (exact) mass is 533 g/mol. The molecule has 0 unspecified atom stereocenters. The maximum atomic E-state index is 15.2. The molecular weight excluding hydrogens is 512 g/mol. The molecule has 1 saturated carbocycles. The molecule has 0 amide bonds. The lowest BCUT2D eigenvalue weighted by Crippen LogP contribution is -2.40. The van der Waals surface area contributed by atoms with E-state index >= 15 is 4.39 Å². The van der Waals surface area contributed by atoms with Crippen LogP contribution >= 0.6 is 11.8 Å². The number of aliphatic imine (C=N–C) groups is 1. The molecule has 38 heavy (non-hydrogen) atoms. The van der Waals surface area contributed by atoms with Crippen molar-refractivity contribution in [1.29, 1.82) is 5.26 Å². The smallest absolute Gasteiger partial charge is 0.233 e. The Balaban J connectivity index is 1.30. The molecule has 6 rings (SSSR count). The summed E-state index contributed by atoms with van der Waals surface area (Å²) in [7, 11) is 0. The minimum absolute atomic E-state index is 0.113. The maximum Gasteiger partial charge on any atom is 0.233 e. The lowest BCUT2D eigenvalue weighted by Gasteiger charge is -2.34. The molecule has 1 fully saturated rings. The number of fused-ring (bicyclic) bond motifs is 2. The Morgan fingerprint density at radius 2 is 2.13 bits per heavy atom. The summed E-state index contributed by atoms with van der Waals surface area (Å²) < 4.78 is 40.2. The molecule has 3 aromatic heterocycles. The van der Waals surface area contributed by atoms with Gasteiger partial charge in [-0.15, -0.1) is 0 Å². The summed E-state index contributed by atoms with van der Waals surface area (Å²) in [5, 5.41) is 9.47. The molecular formula is C26H21F2N7O2S. The number of amidine groups is 1. The zero-order valence-electron chi connectivity index (χ0n) is 20.0. The van der Waals surface area contributed by atoms with E-state index in [0.29, 0.717) is 46.9 Å². The molecule has 0 radical (unpaired) electrons. The van der Waals surface area contributed by atoms with Crippen molar-refractivity contribution < 1.29 is 17.9 Å². The topological polar surface area (TPSA) is 136 Å². The first kappa shape index (κ1) is 24.2. The van der Waals surface area contributed by atoms with Gasteiger partial charge in [-0.05, 0) is 30.2 Å². The van der Waals surface area contributed by atoms with Crippen LogP contribution in [0.25, 0.3) is 11.0 Å². The number of hydrogen-bond acceptors (Lipinski definition) is 10. The molecule has 0 spiro atoms. The standard InChI is InChI=1S/C26H21F2N7O2S/c27-14-26(20-11-25(20,4-5-29)38-24(30)35-26)16-9-15(1-2-17(16)28)10-19-23-18(3-6-31-19)34-21(12-33-23)37-13-22-32-7-8-36-22/h1-3,6-9,12,20H,4,10-11,13-14H2,(H2,30,35)/t20-,25+,26-/m1/s1. The van der Waals surface area contributed by atoms with Crippen molar-refractivity contribution in [2.45, 2.75) is 36.2 Å². The summed E-state index contributed by atoms with van der Waals surface area (Å²) in [6.45, 7) is -0.803. The molecule has 0 bridgehead atoms. The SMILES string of the molecule is N#CC[C@]12C[C@H]1[C@@](CF)(c1cc(Cc3nccc4nc(OCc5ncco5)cnc34)ccc1F)N=C(N)S2. The summed E-state index contributed by atoms with van der Waals surface area (Å²) in [4.78, 5) is 21.9. The molecule has 1 aromatic carbocycles. The maximum absolute atomic E-state index is 15.2. The van der Waals surface area contributed by atoms with E-state index in [0.717, 1.165) is 0 Å². The van der Waals surface area contributed by atoms with Gasteiger partial charge in [-0.25, -0.2) is 28.7 Å². The number of ether oxygens (including phenoxy) is 1. The molecule has 0 saturated heterocycles. The van der Waals surface area contributed by atoms with E-state index in [4.69, 9.17) is 14.9 Å². The summed E-state index contributed by atoms with van der Waals surface area (Å²) >= 11 is 1.29. The van der Waals surface area contributed by atoms with Crippen molar-refractivity contribution in [2.75, 3.05) is 6.67 Å². The highest BCUT2D eigenvalue weighted by atomic mass is 32.2. The largest absolute Gasteiger partial charge is 0.467 e. The molecule has 192 valence electrons. The van der Waals surface area contributed by atoms with Crippen LogP contribution in [0.15, 0.2) is 58.5 Å². The van der Waals surface area contributed by atoms with Gasteiger partial charge in [0.2, 0.25) is 11.8 Å². The Kier molecular flexibility index (Phi) is 5.95.